The van der Waals surface area contributed by atoms with Crippen molar-refractivity contribution in [3.05, 3.63) is 35.1 Å². The van der Waals surface area contributed by atoms with E-state index in [0.29, 0.717) is 12.5 Å². The van der Waals surface area contributed by atoms with Crippen LogP contribution in [-0.4, -0.2) is 23.6 Å². The van der Waals surface area contributed by atoms with Crippen molar-refractivity contribution in [2.24, 2.45) is 5.92 Å². The van der Waals surface area contributed by atoms with Crippen LogP contribution < -0.4 is 5.32 Å². The van der Waals surface area contributed by atoms with Gasteiger partial charge in [-0.3, -0.25) is 4.98 Å². The maximum Gasteiger partial charge on any atom is 0.125 e. The first-order chi connectivity index (χ1) is 9.70. The van der Waals surface area contributed by atoms with E-state index in [-0.39, 0.29) is 0 Å². The molecule has 0 aliphatic rings. The molecule has 0 aliphatic carbocycles. The second kappa shape index (κ2) is 7.47. The third-order valence-corrected chi connectivity index (χ3v) is 3.95. The molecule has 0 radical (unpaired) electrons. The van der Waals surface area contributed by atoms with Crippen molar-refractivity contribution in [3.8, 4) is 10.6 Å². The van der Waals surface area contributed by atoms with Crippen LogP contribution in [0.25, 0.3) is 10.6 Å². The summed E-state index contributed by atoms with van der Waals surface area (Å²) in [6, 6.07) is 3.97. The molecule has 0 saturated carbocycles. The Morgan fingerprint density at radius 3 is 2.90 bits per heavy atom. The lowest BCUT2D eigenvalue weighted by Crippen LogP contribution is -2.19. The number of aromatic nitrogens is 2. The first-order valence-corrected chi connectivity index (χ1v) is 7.61. The van der Waals surface area contributed by atoms with Gasteiger partial charge >= 0.3 is 0 Å². The van der Waals surface area contributed by atoms with Gasteiger partial charge in [0.05, 0.1) is 12.3 Å². The van der Waals surface area contributed by atoms with E-state index in [1.165, 1.54) is 4.88 Å². The van der Waals surface area contributed by atoms with E-state index in [4.69, 9.17) is 4.74 Å². The molecule has 0 fully saturated rings. The Labute approximate surface area is 124 Å². The van der Waals surface area contributed by atoms with Gasteiger partial charge in [-0.25, -0.2) is 4.98 Å². The Balaban J connectivity index is 2.15. The lowest BCUT2D eigenvalue weighted by Gasteiger charge is -2.06. The van der Waals surface area contributed by atoms with Crippen molar-refractivity contribution in [2.75, 3.05) is 13.7 Å². The van der Waals surface area contributed by atoms with E-state index in [1.807, 2.05) is 18.3 Å². The largest absolute Gasteiger partial charge is 0.378 e. The lowest BCUT2D eigenvalue weighted by molar-refractivity contribution is 0.181. The number of nitrogens with one attached hydrogen (secondary N) is 1. The van der Waals surface area contributed by atoms with E-state index in [1.54, 1.807) is 24.6 Å². The van der Waals surface area contributed by atoms with Crippen LogP contribution in [0, 0.1) is 5.92 Å². The van der Waals surface area contributed by atoms with Gasteiger partial charge in [-0.1, -0.05) is 13.8 Å². The third kappa shape index (κ3) is 4.10. The molecule has 0 amide bonds. The average Bonchev–Trinajstić information content (AvgIpc) is 2.83. The number of hydrogen-bond acceptors (Lipinski definition) is 5. The molecule has 4 nitrogen and oxygen atoms in total. The van der Waals surface area contributed by atoms with E-state index in [0.717, 1.165) is 29.4 Å². The Morgan fingerprint density at radius 2 is 2.25 bits per heavy atom. The Bertz CT molecular complexity index is 525. The summed E-state index contributed by atoms with van der Waals surface area (Å²) in [5.41, 5.74) is 2.08. The van der Waals surface area contributed by atoms with Crippen LogP contribution in [0.4, 0.5) is 0 Å². The van der Waals surface area contributed by atoms with Crippen molar-refractivity contribution >= 4 is 11.3 Å². The highest BCUT2D eigenvalue weighted by atomic mass is 32.1. The van der Waals surface area contributed by atoms with Crippen LogP contribution >= 0.6 is 11.3 Å². The predicted octanol–water partition coefficient (Wildman–Crippen LogP) is 3.10. The first kappa shape index (κ1) is 15.1. The van der Waals surface area contributed by atoms with Gasteiger partial charge in [0.15, 0.2) is 0 Å². The van der Waals surface area contributed by atoms with Crippen LogP contribution in [0.5, 0.6) is 0 Å². The van der Waals surface area contributed by atoms with Crippen molar-refractivity contribution in [1.82, 2.24) is 15.3 Å². The zero-order valence-electron chi connectivity index (χ0n) is 12.2. The zero-order valence-corrected chi connectivity index (χ0v) is 13.0. The normalized spacial score (nSPS) is 11.2. The van der Waals surface area contributed by atoms with Gasteiger partial charge < -0.3 is 10.1 Å². The molecule has 0 unspecified atom stereocenters. The number of nitrogens with zero attached hydrogens (tertiary/aromatic N) is 2. The minimum absolute atomic E-state index is 0.551. The van der Waals surface area contributed by atoms with E-state index < -0.39 is 0 Å². The molecule has 20 heavy (non-hydrogen) atoms. The SMILES string of the molecule is COCc1nc(-c2cccnc2)sc1CNCC(C)C. The maximum atomic E-state index is 5.25. The summed E-state index contributed by atoms with van der Waals surface area (Å²) in [7, 11) is 1.70. The maximum absolute atomic E-state index is 5.25. The molecular formula is C15H21N3OS. The van der Waals surface area contributed by atoms with Crippen LogP contribution in [0.3, 0.4) is 0 Å². The fourth-order valence-corrected chi connectivity index (χ4v) is 2.88. The number of ether oxygens (including phenoxy) is 1. The summed E-state index contributed by atoms with van der Waals surface area (Å²) in [6.07, 6.45) is 3.62. The molecule has 2 rings (SSSR count). The first-order valence-electron chi connectivity index (χ1n) is 6.79. The third-order valence-electron chi connectivity index (χ3n) is 2.81. The topological polar surface area (TPSA) is 47.0 Å². The highest BCUT2D eigenvalue weighted by Crippen LogP contribution is 2.28. The standard InChI is InChI=1S/C15H21N3OS/c1-11(2)7-17-9-14-13(10-19-3)18-15(20-14)12-5-4-6-16-8-12/h4-6,8,11,17H,7,9-10H2,1-3H3. The lowest BCUT2D eigenvalue weighted by atomic mass is 10.2. The van der Waals surface area contributed by atoms with E-state index in [2.05, 4.69) is 29.1 Å². The molecule has 2 aromatic heterocycles. The number of hydrogen-bond donors (Lipinski definition) is 1. The molecule has 2 heterocycles. The molecule has 2 aromatic rings. The fourth-order valence-electron chi connectivity index (χ4n) is 1.86. The van der Waals surface area contributed by atoms with Crippen LogP contribution in [0.15, 0.2) is 24.5 Å². The summed E-state index contributed by atoms with van der Waals surface area (Å²) in [5.74, 6) is 0.645. The van der Waals surface area contributed by atoms with Crippen LogP contribution in [-0.2, 0) is 17.9 Å². The number of rotatable bonds is 7. The van der Waals surface area contributed by atoms with Gasteiger partial charge in [0.2, 0.25) is 0 Å². The second-order valence-electron chi connectivity index (χ2n) is 5.09. The molecule has 0 aromatic carbocycles. The molecular weight excluding hydrogens is 270 g/mol. The summed E-state index contributed by atoms with van der Waals surface area (Å²) in [4.78, 5) is 10.1. The van der Waals surface area contributed by atoms with Crippen LogP contribution in [0.1, 0.15) is 24.4 Å². The summed E-state index contributed by atoms with van der Waals surface area (Å²) < 4.78 is 5.25. The number of methoxy groups -OCH3 is 1. The smallest absolute Gasteiger partial charge is 0.125 e. The van der Waals surface area contributed by atoms with Gasteiger partial charge in [-0.15, -0.1) is 11.3 Å². The highest BCUT2D eigenvalue weighted by Gasteiger charge is 2.12. The van der Waals surface area contributed by atoms with E-state index in [9.17, 15) is 0 Å². The number of thiazole rings is 1. The molecule has 5 heteroatoms. The molecule has 0 spiro atoms. The van der Waals surface area contributed by atoms with Gasteiger partial charge in [-0.05, 0) is 24.6 Å². The van der Waals surface area contributed by atoms with Gasteiger partial charge in [0, 0.05) is 36.5 Å². The molecule has 0 saturated heterocycles. The Hall–Kier alpha value is -1.30. The minimum Gasteiger partial charge on any atom is -0.378 e. The van der Waals surface area contributed by atoms with Gasteiger partial charge in [-0.2, -0.15) is 0 Å². The zero-order chi connectivity index (χ0) is 14.4. The number of pyridine rings is 1. The minimum atomic E-state index is 0.551. The highest BCUT2D eigenvalue weighted by molar-refractivity contribution is 7.15. The van der Waals surface area contributed by atoms with Gasteiger partial charge in [0.1, 0.15) is 5.01 Å². The summed E-state index contributed by atoms with van der Waals surface area (Å²) in [5, 5.41) is 4.47. The van der Waals surface area contributed by atoms with Crippen molar-refractivity contribution in [3.63, 3.8) is 0 Å². The summed E-state index contributed by atoms with van der Waals surface area (Å²) in [6.45, 7) is 6.81. The predicted molar refractivity (Wildman–Crippen MR) is 82.6 cm³/mol. The van der Waals surface area contributed by atoms with Crippen LogP contribution in [0.2, 0.25) is 0 Å². The van der Waals surface area contributed by atoms with E-state index >= 15 is 0 Å². The van der Waals surface area contributed by atoms with Gasteiger partial charge in [0.25, 0.3) is 0 Å². The summed E-state index contributed by atoms with van der Waals surface area (Å²) >= 11 is 1.71. The quantitative estimate of drug-likeness (QED) is 0.851. The molecule has 108 valence electrons. The monoisotopic (exact) mass is 291 g/mol. The Morgan fingerprint density at radius 1 is 1.40 bits per heavy atom. The average molecular weight is 291 g/mol. The van der Waals surface area contributed by atoms with Crippen molar-refractivity contribution in [1.29, 1.82) is 0 Å². The van der Waals surface area contributed by atoms with Crippen molar-refractivity contribution < 1.29 is 4.74 Å². The molecule has 0 aliphatic heterocycles. The second-order valence-corrected chi connectivity index (χ2v) is 6.17. The molecule has 0 atom stereocenters. The van der Waals surface area contributed by atoms with Crippen molar-refractivity contribution in [2.45, 2.75) is 27.0 Å². The Kier molecular flexibility index (Phi) is 5.64. The molecule has 0 bridgehead atoms. The fraction of sp³-hybridized carbons (Fsp3) is 0.467. The molecule has 1 N–H and O–H groups in total.